The highest BCUT2D eigenvalue weighted by molar-refractivity contribution is 6.00. The lowest BCUT2D eigenvalue weighted by atomic mass is 9.98. The van der Waals surface area contributed by atoms with E-state index in [2.05, 4.69) is 0 Å². The van der Waals surface area contributed by atoms with Crippen LogP contribution in [-0.4, -0.2) is 27.9 Å². The molecule has 6 aromatic carbocycles. The minimum absolute atomic E-state index is 0.173. The Morgan fingerprint density at radius 1 is 0.610 bits per heavy atom. The van der Waals surface area contributed by atoms with Crippen molar-refractivity contribution in [3.63, 3.8) is 0 Å². The molecule has 0 saturated carbocycles. The SMILES string of the molecule is O=C(O)C(Cc1ccc(-c2ccccc2)cc1)N(Cc1cccc2ccccc12)C(=O)c1ccc2ccccc2c1. The molecule has 4 heteroatoms. The van der Waals surface area contributed by atoms with Gasteiger partial charge in [0.25, 0.3) is 5.91 Å². The van der Waals surface area contributed by atoms with Gasteiger partial charge in [-0.2, -0.15) is 0 Å². The summed E-state index contributed by atoms with van der Waals surface area (Å²) < 4.78 is 0. The second kappa shape index (κ2) is 11.5. The Kier molecular flexibility index (Phi) is 7.29. The monoisotopic (exact) mass is 535 g/mol. The van der Waals surface area contributed by atoms with Gasteiger partial charge in [-0.15, -0.1) is 0 Å². The summed E-state index contributed by atoms with van der Waals surface area (Å²) in [6.45, 7) is 0.173. The number of carboxylic acids is 1. The fraction of sp³-hybridized carbons (Fsp3) is 0.0811. The van der Waals surface area contributed by atoms with Gasteiger partial charge in [-0.1, -0.05) is 127 Å². The Morgan fingerprint density at radius 2 is 1.24 bits per heavy atom. The molecule has 0 spiro atoms. The molecule has 0 aromatic heterocycles. The van der Waals surface area contributed by atoms with Crippen molar-refractivity contribution in [2.75, 3.05) is 0 Å². The molecule has 200 valence electrons. The van der Waals surface area contributed by atoms with Crippen molar-refractivity contribution in [2.45, 2.75) is 19.0 Å². The van der Waals surface area contributed by atoms with Gasteiger partial charge in [0.1, 0.15) is 6.04 Å². The number of amides is 1. The number of nitrogens with zero attached hydrogens (tertiary/aromatic N) is 1. The van der Waals surface area contributed by atoms with Crippen molar-refractivity contribution < 1.29 is 14.7 Å². The van der Waals surface area contributed by atoms with Crippen LogP contribution in [0.5, 0.6) is 0 Å². The standard InChI is InChI=1S/C37H29NO3/c39-36(32-22-21-28-11-4-5-13-31(28)24-32)38(25-33-15-8-14-30-12-6-7-16-34(30)33)35(37(40)41)23-26-17-19-29(20-18-26)27-9-2-1-3-10-27/h1-22,24,35H,23,25H2,(H,40,41). The largest absolute Gasteiger partial charge is 0.480 e. The van der Waals surface area contributed by atoms with Gasteiger partial charge >= 0.3 is 5.97 Å². The van der Waals surface area contributed by atoms with Crippen LogP contribution in [0.2, 0.25) is 0 Å². The molecule has 0 aliphatic heterocycles. The van der Waals surface area contributed by atoms with Gasteiger partial charge in [0.2, 0.25) is 0 Å². The van der Waals surface area contributed by atoms with E-state index in [4.69, 9.17) is 0 Å². The Morgan fingerprint density at radius 3 is 2.00 bits per heavy atom. The molecule has 0 aliphatic carbocycles. The molecule has 0 radical (unpaired) electrons. The predicted molar refractivity (Wildman–Crippen MR) is 165 cm³/mol. The molecule has 0 heterocycles. The number of hydrogen-bond acceptors (Lipinski definition) is 2. The van der Waals surface area contributed by atoms with Crippen molar-refractivity contribution in [3.8, 4) is 11.1 Å². The van der Waals surface area contributed by atoms with Crippen LogP contribution in [-0.2, 0) is 17.8 Å². The molecule has 41 heavy (non-hydrogen) atoms. The first-order chi connectivity index (χ1) is 20.1. The van der Waals surface area contributed by atoms with Crippen molar-refractivity contribution in [3.05, 3.63) is 156 Å². The van der Waals surface area contributed by atoms with Crippen LogP contribution in [0, 0.1) is 0 Å². The minimum Gasteiger partial charge on any atom is -0.480 e. The summed E-state index contributed by atoms with van der Waals surface area (Å²) in [5, 5.41) is 14.5. The van der Waals surface area contributed by atoms with Crippen LogP contribution < -0.4 is 0 Å². The van der Waals surface area contributed by atoms with Gasteiger partial charge in [-0.3, -0.25) is 4.79 Å². The quantitative estimate of drug-likeness (QED) is 0.215. The third kappa shape index (κ3) is 5.59. The lowest BCUT2D eigenvalue weighted by molar-refractivity contribution is -0.142. The first-order valence-electron chi connectivity index (χ1n) is 13.7. The highest BCUT2D eigenvalue weighted by Gasteiger charge is 2.31. The summed E-state index contributed by atoms with van der Waals surface area (Å²) in [5.41, 5.74) is 4.38. The van der Waals surface area contributed by atoms with Crippen molar-refractivity contribution in [1.29, 1.82) is 0 Å². The molecule has 0 bridgehead atoms. The first kappa shape index (κ1) is 26.0. The lowest BCUT2D eigenvalue weighted by Gasteiger charge is -2.30. The highest BCUT2D eigenvalue weighted by Crippen LogP contribution is 2.26. The van der Waals surface area contributed by atoms with Crippen molar-refractivity contribution >= 4 is 33.4 Å². The lowest BCUT2D eigenvalue weighted by Crippen LogP contribution is -2.46. The van der Waals surface area contributed by atoms with E-state index in [1.54, 1.807) is 6.07 Å². The molecule has 0 saturated heterocycles. The summed E-state index contributed by atoms with van der Waals surface area (Å²) in [4.78, 5) is 28.5. The second-order valence-corrected chi connectivity index (χ2v) is 10.3. The number of benzene rings is 6. The van der Waals surface area contributed by atoms with E-state index in [-0.39, 0.29) is 18.9 Å². The van der Waals surface area contributed by atoms with Crippen LogP contribution in [0.4, 0.5) is 0 Å². The maximum Gasteiger partial charge on any atom is 0.326 e. The molecule has 4 nitrogen and oxygen atoms in total. The molecule has 6 rings (SSSR count). The number of carbonyl (C=O) groups is 2. The second-order valence-electron chi connectivity index (χ2n) is 10.3. The summed E-state index contributed by atoms with van der Waals surface area (Å²) in [5.74, 6) is -1.34. The maximum atomic E-state index is 14.2. The van der Waals surface area contributed by atoms with E-state index < -0.39 is 12.0 Å². The zero-order valence-corrected chi connectivity index (χ0v) is 22.5. The highest BCUT2D eigenvalue weighted by atomic mass is 16.4. The zero-order chi connectivity index (χ0) is 28.2. The summed E-state index contributed by atoms with van der Waals surface area (Å²) in [6.07, 6.45) is 0.189. The van der Waals surface area contributed by atoms with Gasteiger partial charge in [0.15, 0.2) is 0 Å². The number of hydrogen-bond donors (Lipinski definition) is 1. The van der Waals surface area contributed by atoms with Crippen LogP contribution in [0.3, 0.4) is 0 Å². The van der Waals surface area contributed by atoms with E-state index in [9.17, 15) is 14.7 Å². The average molecular weight is 536 g/mol. The Hall–Kier alpha value is -5.22. The van der Waals surface area contributed by atoms with E-state index in [1.807, 2.05) is 133 Å². The van der Waals surface area contributed by atoms with Gasteiger partial charge in [0, 0.05) is 18.5 Å². The van der Waals surface area contributed by atoms with Crippen LogP contribution in [0.25, 0.3) is 32.7 Å². The van der Waals surface area contributed by atoms with Crippen LogP contribution in [0.15, 0.2) is 140 Å². The molecule has 1 N–H and O–H groups in total. The number of aliphatic carboxylic acids is 1. The molecule has 1 atom stereocenters. The normalized spacial score (nSPS) is 11.8. The van der Waals surface area contributed by atoms with Gasteiger partial charge in [0.05, 0.1) is 0 Å². The third-order valence-corrected chi connectivity index (χ3v) is 7.63. The summed E-state index contributed by atoms with van der Waals surface area (Å²) in [6, 6.07) is 44.2. The van der Waals surface area contributed by atoms with E-state index in [0.29, 0.717) is 5.56 Å². The summed E-state index contributed by atoms with van der Waals surface area (Å²) in [7, 11) is 0. The van der Waals surface area contributed by atoms with Crippen molar-refractivity contribution in [1.82, 2.24) is 4.90 Å². The smallest absolute Gasteiger partial charge is 0.326 e. The van der Waals surface area contributed by atoms with Crippen LogP contribution >= 0.6 is 0 Å². The minimum atomic E-state index is -1.06. The molecule has 1 unspecified atom stereocenters. The first-order valence-corrected chi connectivity index (χ1v) is 13.7. The zero-order valence-electron chi connectivity index (χ0n) is 22.5. The topological polar surface area (TPSA) is 57.6 Å². The fourth-order valence-electron chi connectivity index (χ4n) is 5.44. The van der Waals surface area contributed by atoms with Crippen LogP contribution in [0.1, 0.15) is 21.5 Å². The number of carbonyl (C=O) groups excluding carboxylic acids is 1. The third-order valence-electron chi connectivity index (χ3n) is 7.63. The van der Waals surface area contributed by atoms with Gasteiger partial charge in [-0.05, 0) is 55.9 Å². The Labute approximate surface area is 239 Å². The van der Waals surface area contributed by atoms with E-state index in [0.717, 1.165) is 43.8 Å². The molecule has 1 amide bonds. The fourth-order valence-corrected chi connectivity index (χ4v) is 5.44. The molecular formula is C37H29NO3. The molecule has 6 aromatic rings. The maximum absolute atomic E-state index is 14.2. The van der Waals surface area contributed by atoms with Gasteiger partial charge < -0.3 is 10.0 Å². The van der Waals surface area contributed by atoms with E-state index in [1.165, 1.54) is 4.90 Å². The average Bonchev–Trinajstić information content (AvgIpc) is 3.03. The molecular weight excluding hydrogens is 506 g/mol. The number of rotatable bonds is 8. The molecule has 0 aliphatic rings. The number of fused-ring (bicyclic) bond motifs is 2. The number of carboxylic acid groups (broad SMARTS) is 1. The Balaban J connectivity index is 1.38. The Bertz CT molecular complexity index is 1840. The predicted octanol–water partition coefficient (Wildman–Crippen LogP) is 8.00. The summed E-state index contributed by atoms with van der Waals surface area (Å²) >= 11 is 0. The van der Waals surface area contributed by atoms with Gasteiger partial charge in [-0.25, -0.2) is 4.79 Å². The van der Waals surface area contributed by atoms with Crippen molar-refractivity contribution in [2.24, 2.45) is 0 Å². The molecule has 0 fully saturated rings. The van der Waals surface area contributed by atoms with E-state index >= 15 is 0 Å².